The Morgan fingerprint density at radius 2 is 1.45 bits per heavy atom. The Hall–Kier alpha value is -2.61. The highest BCUT2D eigenvalue weighted by Crippen LogP contribution is 2.52. The molecule has 2 aromatic heterocycles. The van der Waals surface area contributed by atoms with Crippen LogP contribution >= 0.6 is 0 Å². The van der Waals surface area contributed by atoms with Gasteiger partial charge in [-0.05, 0) is 60.3 Å². The van der Waals surface area contributed by atoms with Gasteiger partial charge < -0.3 is 4.42 Å². The van der Waals surface area contributed by atoms with E-state index in [0.717, 1.165) is 22.4 Å². The number of benzene rings is 2. The first-order valence-electron chi connectivity index (χ1n) is 10.6. The smallest absolute Gasteiger partial charge is 0.161 e. The van der Waals surface area contributed by atoms with Crippen LogP contribution in [0.3, 0.4) is 0 Å². The average molecular weight is 384 g/mol. The van der Waals surface area contributed by atoms with Gasteiger partial charge in [-0.3, -0.25) is 4.98 Å². The monoisotopic (exact) mass is 383 g/mol. The molecule has 0 amide bonds. The Morgan fingerprint density at radius 3 is 2.14 bits per heavy atom. The van der Waals surface area contributed by atoms with Crippen molar-refractivity contribution in [1.29, 1.82) is 0 Å². The van der Waals surface area contributed by atoms with Crippen molar-refractivity contribution in [3.63, 3.8) is 0 Å². The highest BCUT2D eigenvalue weighted by atomic mass is 16.3. The minimum Gasteiger partial charge on any atom is -0.453 e. The summed E-state index contributed by atoms with van der Waals surface area (Å²) in [6.45, 7) is 14.1. The largest absolute Gasteiger partial charge is 0.453 e. The van der Waals surface area contributed by atoms with Gasteiger partial charge in [0.25, 0.3) is 0 Å². The first kappa shape index (κ1) is 18.4. The van der Waals surface area contributed by atoms with E-state index >= 15 is 0 Å². The van der Waals surface area contributed by atoms with E-state index in [2.05, 4.69) is 71.9 Å². The van der Waals surface area contributed by atoms with Crippen LogP contribution in [-0.2, 0) is 10.8 Å². The number of hydrogen-bond acceptors (Lipinski definition) is 2. The van der Waals surface area contributed by atoms with Crippen LogP contribution in [0, 0.1) is 13.8 Å². The summed E-state index contributed by atoms with van der Waals surface area (Å²) in [5.74, 6) is 0. The number of aromatic nitrogens is 1. The second-order valence-electron chi connectivity index (χ2n) is 9.98. The van der Waals surface area contributed by atoms with Crippen molar-refractivity contribution >= 4 is 21.9 Å². The lowest BCUT2D eigenvalue weighted by Crippen LogP contribution is -2.35. The molecule has 0 bridgehead atoms. The SMILES string of the molecule is Cc1c2c(c3oc4c(-c5ccccc5)nccc4c3c1C)C(C)(C)CCC2(C)C. The molecular weight excluding hydrogens is 354 g/mol. The van der Waals surface area contributed by atoms with Crippen molar-refractivity contribution in [2.75, 3.05) is 0 Å². The highest BCUT2D eigenvalue weighted by Gasteiger charge is 2.41. The summed E-state index contributed by atoms with van der Waals surface area (Å²) in [6, 6.07) is 12.5. The second-order valence-corrected chi connectivity index (χ2v) is 9.98. The second kappa shape index (κ2) is 5.95. The van der Waals surface area contributed by atoms with E-state index in [4.69, 9.17) is 9.40 Å². The lowest BCUT2D eigenvalue weighted by molar-refractivity contribution is 0.330. The number of pyridine rings is 1. The van der Waals surface area contributed by atoms with E-state index in [1.54, 1.807) is 0 Å². The number of nitrogens with zero attached hydrogens (tertiary/aromatic N) is 1. The van der Waals surface area contributed by atoms with Crippen molar-refractivity contribution in [3.05, 3.63) is 64.8 Å². The predicted molar refractivity (Wildman–Crippen MR) is 122 cm³/mol. The zero-order valence-corrected chi connectivity index (χ0v) is 18.3. The normalized spacial score (nSPS) is 17.6. The molecule has 0 spiro atoms. The molecule has 4 aromatic rings. The summed E-state index contributed by atoms with van der Waals surface area (Å²) in [7, 11) is 0. The van der Waals surface area contributed by atoms with Gasteiger partial charge in [-0.15, -0.1) is 0 Å². The van der Waals surface area contributed by atoms with E-state index < -0.39 is 0 Å². The van der Waals surface area contributed by atoms with Crippen molar-refractivity contribution in [2.45, 2.75) is 65.2 Å². The van der Waals surface area contributed by atoms with Gasteiger partial charge in [0.05, 0.1) is 0 Å². The Kier molecular flexibility index (Phi) is 3.78. The summed E-state index contributed by atoms with van der Waals surface area (Å²) >= 11 is 0. The van der Waals surface area contributed by atoms with Crippen molar-refractivity contribution < 1.29 is 4.42 Å². The van der Waals surface area contributed by atoms with Gasteiger partial charge in [0.2, 0.25) is 0 Å². The maximum Gasteiger partial charge on any atom is 0.161 e. The van der Waals surface area contributed by atoms with E-state index in [0.29, 0.717) is 0 Å². The first-order valence-corrected chi connectivity index (χ1v) is 10.6. The molecule has 29 heavy (non-hydrogen) atoms. The topological polar surface area (TPSA) is 26.0 Å². The summed E-state index contributed by atoms with van der Waals surface area (Å²) in [5, 5.41) is 2.44. The predicted octanol–water partition coefficient (Wildman–Crippen LogP) is 7.61. The summed E-state index contributed by atoms with van der Waals surface area (Å²) in [5.41, 5.74) is 9.92. The van der Waals surface area contributed by atoms with Crippen LogP contribution in [0.5, 0.6) is 0 Å². The summed E-state index contributed by atoms with van der Waals surface area (Å²) < 4.78 is 6.74. The molecule has 0 saturated carbocycles. The molecule has 2 heteroatoms. The van der Waals surface area contributed by atoms with Crippen LogP contribution in [0.4, 0.5) is 0 Å². The molecule has 0 atom stereocenters. The Labute approximate surface area is 173 Å². The molecule has 1 aliphatic carbocycles. The lowest BCUT2D eigenvalue weighted by atomic mass is 9.61. The van der Waals surface area contributed by atoms with E-state index in [9.17, 15) is 0 Å². The lowest BCUT2D eigenvalue weighted by Gasteiger charge is -2.43. The van der Waals surface area contributed by atoms with Crippen LogP contribution < -0.4 is 0 Å². The van der Waals surface area contributed by atoms with E-state index in [1.807, 2.05) is 12.3 Å². The third-order valence-electron chi connectivity index (χ3n) is 7.17. The Bertz CT molecular complexity index is 1260. The molecular formula is C27H29NO. The fraction of sp³-hybridized carbons (Fsp3) is 0.370. The highest BCUT2D eigenvalue weighted by molar-refractivity contribution is 6.12. The number of aryl methyl sites for hydroxylation is 1. The molecule has 0 unspecified atom stereocenters. The Balaban J connectivity index is 1.98. The van der Waals surface area contributed by atoms with Crippen LogP contribution in [0.25, 0.3) is 33.2 Å². The standard InChI is InChI=1S/C27H29NO/c1-16-17(2)21-22(27(5,6)14-13-26(21,3)4)25-20(16)19-12-15-28-23(24(19)29-25)18-10-8-7-9-11-18/h7-12,15H,13-14H2,1-6H3. The quantitative estimate of drug-likeness (QED) is 0.338. The summed E-state index contributed by atoms with van der Waals surface area (Å²) in [4.78, 5) is 4.71. The van der Waals surface area contributed by atoms with E-state index in [1.165, 1.54) is 45.9 Å². The van der Waals surface area contributed by atoms with Crippen LogP contribution in [0.1, 0.15) is 62.8 Å². The van der Waals surface area contributed by atoms with Gasteiger partial charge in [0, 0.05) is 28.1 Å². The van der Waals surface area contributed by atoms with Gasteiger partial charge in [0.15, 0.2) is 5.58 Å². The van der Waals surface area contributed by atoms with Gasteiger partial charge in [0.1, 0.15) is 11.3 Å². The molecule has 2 aromatic carbocycles. The van der Waals surface area contributed by atoms with Crippen LogP contribution in [-0.4, -0.2) is 4.98 Å². The van der Waals surface area contributed by atoms with Gasteiger partial charge in [-0.2, -0.15) is 0 Å². The van der Waals surface area contributed by atoms with Crippen molar-refractivity contribution in [1.82, 2.24) is 4.98 Å². The fourth-order valence-corrected chi connectivity index (χ4v) is 5.42. The molecule has 2 heterocycles. The van der Waals surface area contributed by atoms with Gasteiger partial charge >= 0.3 is 0 Å². The zero-order valence-electron chi connectivity index (χ0n) is 18.3. The number of hydrogen-bond donors (Lipinski definition) is 0. The molecule has 0 saturated heterocycles. The first-order chi connectivity index (χ1) is 13.7. The zero-order chi connectivity index (χ0) is 20.6. The third-order valence-corrected chi connectivity index (χ3v) is 7.17. The maximum atomic E-state index is 6.74. The summed E-state index contributed by atoms with van der Waals surface area (Å²) in [6.07, 6.45) is 4.30. The number of rotatable bonds is 1. The third kappa shape index (κ3) is 2.51. The van der Waals surface area contributed by atoms with Crippen LogP contribution in [0.15, 0.2) is 47.0 Å². The molecule has 0 radical (unpaired) electrons. The molecule has 0 N–H and O–H groups in total. The average Bonchev–Trinajstić information content (AvgIpc) is 3.08. The van der Waals surface area contributed by atoms with E-state index in [-0.39, 0.29) is 10.8 Å². The van der Waals surface area contributed by atoms with Crippen molar-refractivity contribution in [2.24, 2.45) is 0 Å². The maximum absolute atomic E-state index is 6.74. The van der Waals surface area contributed by atoms with Crippen LogP contribution in [0.2, 0.25) is 0 Å². The fourth-order valence-electron chi connectivity index (χ4n) is 5.42. The molecule has 2 nitrogen and oxygen atoms in total. The molecule has 148 valence electrons. The number of furan rings is 1. The molecule has 1 aliphatic rings. The van der Waals surface area contributed by atoms with Gasteiger partial charge in [-0.1, -0.05) is 58.0 Å². The Morgan fingerprint density at radius 1 is 0.793 bits per heavy atom. The minimum absolute atomic E-state index is 0.0930. The number of fused-ring (bicyclic) bond motifs is 5. The molecule has 0 aliphatic heterocycles. The van der Waals surface area contributed by atoms with Crippen molar-refractivity contribution in [3.8, 4) is 11.3 Å². The van der Waals surface area contributed by atoms with Gasteiger partial charge in [-0.25, -0.2) is 0 Å². The molecule has 0 fully saturated rings. The molecule has 5 rings (SSSR count). The minimum atomic E-state index is 0.0930.